The van der Waals surface area contributed by atoms with Gasteiger partial charge in [-0.05, 0) is 37.8 Å². The van der Waals surface area contributed by atoms with Gasteiger partial charge in [0.25, 0.3) is 0 Å². The third-order valence-corrected chi connectivity index (χ3v) is 9.58. The van der Waals surface area contributed by atoms with Gasteiger partial charge < -0.3 is 14.9 Å². The number of piperidine rings is 1. The fraction of sp³-hybridized carbons (Fsp3) is 0.440. The van der Waals surface area contributed by atoms with Crippen LogP contribution < -0.4 is 4.90 Å². The van der Waals surface area contributed by atoms with Gasteiger partial charge in [-0.3, -0.25) is 10.8 Å². The predicted molar refractivity (Wildman–Crippen MR) is 135 cm³/mol. The van der Waals surface area contributed by atoms with Gasteiger partial charge in [-0.2, -0.15) is 4.31 Å². The number of hydrogen-bond acceptors (Lipinski definition) is 6. The van der Waals surface area contributed by atoms with Crippen molar-refractivity contribution in [3.05, 3.63) is 65.2 Å². The Kier molecular flexibility index (Phi) is 7.72. The Labute approximate surface area is 210 Å². The van der Waals surface area contributed by atoms with E-state index in [2.05, 4.69) is 0 Å². The summed E-state index contributed by atoms with van der Waals surface area (Å²) < 4.78 is 58.5. The van der Waals surface area contributed by atoms with Crippen molar-refractivity contribution in [2.24, 2.45) is 0 Å². The normalized spacial score (nSPS) is 26.4. The average molecular weight is 520 g/mol. The van der Waals surface area contributed by atoms with Gasteiger partial charge in [0.05, 0.1) is 30.5 Å². The standard InChI is InChI=1S/C25H31F2N5O3S/c1-17-7-8-25(18-5-3-2-4-6-18)36(34,35)32(17)13-19-11-21(27)23(12-20(19)26)30-10-9-22(24(33)14-30)31(15-28)16-29/h2-6,11-12,15-17,22,24-25,28-29,33H,7-10,13-14H2,1H3. The van der Waals surface area contributed by atoms with Crippen LogP contribution in [-0.2, 0) is 16.6 Å². The summed E-state index contributed by atoms with van der Waals surface area (Å²) in [6.07, 6.45) is 2.34. The summed E-state index contributed by atoms with van der Waals surface area (Å²) in [5.41, 5.74) is 0.624. The first kappa shape index (κ1) is 26.2. The zero-order valence-corrected chi connectivity index (χ0v) is 20.8. The molecule has 2 heterocycles. The molecule has 2 aliphatic rings. The van der Waals surface area contributed by atoms with Crippen molar-refractivity contribution in [1.29, 1.82) is 10.8 Å². The highest BCUT2D eigenvalue weighted by molar-refractivity contribution is 7.89. The molecule has 2 aromatic carbocycles. The van der Waals surface area contributed by atoms with Crippen LogP contribution >= 0.6 is 0 Å². The molecule has 3 N–H and O–H groups in total. The number of aliphatic hydroxyl groups is 1. The highest BCUT2D eigenvalue weighted by Crippen LogP contribution is 2.38. The summed E-state index contributed by atoms with van der Waals surface area (Å²) >= 11 is 0. The molecule has 4 unspecified atom stereocenters. The van der Waals surface area contributed by atoms with E-state index < -0.39 is 39.1 Å². The second kappa shape index (κ2) is 10.6. The lowest BCUT2D eigenvalue weighted by Crippen LogP contribution is -2.53. The summed E-state index contributed by atoms with van der Waals surface area (Å²) in [5.74, 6) is -1.41. The molecule has 0 bridgehead atoms. The number of nitrogens with one attached hydrogen (secondary N) is 2. The van der Waals surface area contributed by atoms with Gasteiger partial charge in [0.2, 0.25) is 10.0 Å². The van der Waals surface area contributed by atoms with E-state index in [4.69, 9.17) is 10.8 Å². The Morgan fingerprint density at radius 1 is 1.08 bits per heavy atom. The SMILES string of the molecule is CC1CCC(c2ccccc2)S(=O)(=O)N1Cc1cc(F)c(N2CCC(N(C=N)C=N)C(O)C2)cc1F. The number of rotatable bonds is 7. The monoisotopic (exact) mass is 519 g/mol. The zero-order valence-electron chi connectivity index (χ0n) is 20.0. The molecule has 8 nitrogen and oxygen atoms in total. The van der Waals surface area contributed by atoms with Gasteiger partial charge >= 0.3 is 0 Å². The van der Waals surface area contributed by atoms with E-state index in [1.807, 2.05) is 6.07 Å². The highest BCUT2D eigenvalue weighted by atomic mass is 32.2. The molecule has 4 rings (SSSR count). The molecule has 0 amide bonds. The maximum Gasteiger partial charge on any atom is 0.221 e. The molecule has 0 aliphatic carbocycles. The number of hydrogen-bond donors (Lipinski definition) is 3. The first-order chi connectivity index (χ1) is 17.2. The molecule has 0 radical (unpaired) electrons. The number of sulfonamides is 1. The maximum absolute atomic E-state index is 15.2. The van der Waals surface area contributed by atoms with Crippen molar-refractivity contribution >= 4 is 28.4 Å². The third kappa shape index (κ3) is 5.00. The van der Waals surface area contributed by atoms with Crippen LogP contribution in [0.2, 0.25) is 0 Å². The Morgan fingerprint density at radius 3 is 2.42 bits per heavy atom. The molecule has 0 aromatic heterocycles. The smallest absolute Gasteiger partial charge is 0.221 e. The van der Waals surface area contributed by atoms with E-state index in [1.165, 1.54) is 14.1 Å². The minimum absolute atomic E-state index is 0.00878. The number of nitrogens with zero attached hydrogens (tertiary/aromatic N) is 3. The molecule has 4 atom stereocenters. The minimum Gasteiger partial charge on any atom is -0.389 e. The summed E-state index contributed by atoms with van der Waals surface area (Å²) in [6, 6.07) is 10.2. The number of benzene rings is 2. The van der Waals surface area contributed by atoms with Gasteiger partial charge in [0.1, 0.15) is 16.9 Å². The first-order valence-electron chi connectivity index (χ1n) is 11.9. The lowest BCUT2D eigenvalue weighted by atomic mass is 9.99. The largest absolute Gasteiger partial charge is 0.389 e. The van der Waals surface area contributed by atoms with E-state index >= 15 is 8.78 Å². The second-order valence-electron chi connectivity index (χ2n) is 9.39. The van der Waals surface area contributed by atoms with Crippen molar-refractivity contribution in [3.63, 3.8) is 0 Å². The number of halogens is 2. The van der Waals surface area contributed by atoms with Crippen molar-refractivity contribution in [1.82, 2.24) is 9.21 Å². The van der Waals surface area contributed by atoms with Crippen LogP contribution in [0.1, 0.15) is 42.6 Å². The summed E-state index contributed by atoms with van der Waals surface area (Å²) in [7, 11) is -3.79. The molecule has 2 aromatic rings. The third-order valence-electron chi connectivity index (χ3n) is 7.21. The van der Waals surface area contributed by atoms with Gasteiger partial charge in [-0.15, -0.1) is 0 Å². The van der Waals surface area contributed by atoms with Crippen LogP contribution in [0.15, 0.2) is 42.5 Å². The molecular weight excluding hydrogens is 488 g/mol. The number of anilines is 1. The molecular formula is C25H31F2N5O3S. The molecule has 2 aliphatic heterocycles. The maximum atomic E-state index is 15.2. The van der Waals surface area contributed by atoms with E-state index in [-0.39, 0.29) is 30.4 Å². The molecule has 11 heteroatoms. The first-order valence-corrected chi connectivity index (χ1v) is 13.4. The zero-order chi connectivity index (χ0) is 26.0. The van der Waals surface area contributed by atoms with Crippen molar-refractivity contribution in [2.45, 2.75) is 56.2 Å². The van der Waals surface area contributed by atoms with Crippen molar-refractivity contribution < 1.29 is 22.3 Å². The van der Waals surface area contributed by atoms with Crippen LogP contribution in [0.25, 0.3) is 0 Å². The van der Waals surface area contributed by atoms with Crippen molar-refractivity contribution in [3.8, 4) is 0 Å². The van der Waals surface area contributed by atoms with Gasteiger partial charge in [-0.1, -0.05) is 30.3 Å². The summed E-state index contributed by atoms with van der Waals surface area (Å²) in [6.45, 7) is 1.81. The van der Waals surface area contributed by atoms with Crippen LogP contribution in [0.3, 0.4) is 0 Å². The van der Waals surface area contributed by atoms with Crippen LogP contribution in [-0.4, -0.2) is 66.7 Å². The fourth-order valence-corrected chi connectivity index (χ4v) is 7.36. The second-order valence-corrected chi connectivity index (χ2v) is 11.5. The lowest BCUT2D eigenvalue weighted by Gasteiger charge is -2.40. The summed E-state index contributed by atoms with van der Waals surface area (Å²) in [5, 5.41) is 24.5. The molecule has 194 valence electrons. The van der Waals surface area contributed by atoms with Crippen LogP contribution in [0.4, 0.5) is 14.5 Å². The topological polar surface area (TPSA) is 112 Å². The average Bonchev–Trinajstić information content (AvgIpc) is 2.85. The Balaban J connectivity index is 1.55. The van der Waals surface area contributed by atoms with Crippen LogP contribution in [0.5, 0.6) is 0 Å². The van der Waals surface area contributed by atoms with Gasteiger partial charge in [0, 0.05) is 37.3 Å². The molecule has 36 heavy (non-hydrogen) atoms. The fourth-order valence-electron chi connectivity index (χ4n) is 5.18. The summed E-state index contributed by atoms with van der Waals surface area (Å²) in [4.78, 5) is 2.80. The van der Waals surface area contributed by atoms with E-state index in [0.29, 0.717) is 31.4 Å². The predicted octanol–water partition coefficient (Wildman–Crippen LogP) is 3.48. The number of aliphatic hydroxyl groups excluding tert-OH is 1. The lowest BCUT2D eigenvalue weighted by molar-refractivity contribution is 0.0956. The van der Waals surface area contributed by atoms with E-state index in [0.717, 1.165) is 24.8 Å². The highest BCUT2D eigenvalue weighted by Gasteiger charge is 2.41. The Hall–Kier alpha value is -2.89. The van der Waals surface area contributed by atoms with Gasteiger partial charge in [0.15, 0.2) is 0 Å². The Bertz CT molecular complexity index is 1210. The molecule has 2 saturated heterocycles. The Morgan fingerprint density at radius 2 is 1.78 bits per heavy atom. The molecule has 0 saturated carbocycles. The number of β-amino-alcohol motifs (C(OH)–C–C–N with tert-alkyl or cyclic N) is 1. The quantitative estimate of drug-likeness (QED) is 0.383. The molecule has 2 fully saturated rings. The van der Waals surface area contributed by atoms with E-state index in [9.17, 15) is 13.5 Å². The van der Waals surface area contributed by atoms with Crippen LogP contribution in [0, 0.1) is 22.5 Å². The van der Waals surface area contributed by atoms with Crippen molar-refractivity contribution in [2.75, 3.05) is 18.0 Å². The van der Waals surface area contributed by atoms with Gasteiger partial charge in [-0.25, -0.2) is 17.2 Å². The van der Waals surface area contributed by atoms with E-state index in [1.54, 1.807) is 31.2 Å². The molecule has 0 spiro atoms. The minimum atomic E-state index is -3.79.